The minimum atomic E-state index is -4.63. The summed E-state index contributed by atoms with van der Waals surface area (Å²) in [6.45, 7) is 3.89. The molecule has 0 saturated carbocycles. The van der Waals surface area contributed by atoms with Crippen LogP contribution in [0.1, 0.15) is 16.8 Å². The molecule has 10 heteroatoms. The van der Waals surface area contributed by atoms with Crippen LogP contribution < -0.4 is 4.90 Å². The van der Waals surface area contributed by atoms with Gasteiger partial charge in [-0.2, -0.15) is 13.2 Å². The van der Waals surface area contributed by atoms with Crippen LogP contribution in [0.3, 0.4) is 0 Å². The summed E-state index contributed by atoms with van der Waals surface area (Å²) in [7, 11) is 0. The predicted molar refractivity (Wildman–Crippen MR) is 107 cm³/mol. The van der Waals surface area contributed by atoms with Crippen LogP contribution in [0.5, 0.6) is 0 Å². The molecule has 29 heavy (non-hydrogen) atoms. The first-order chi connectivity index (χ1) is 13.6. The molecule has 1 aromatic heterocycles. The lowest BCUT2D eigenvalue weighted by Gasteiger charge is -2.37. The smallest absolute Gasteiger partial charge is 0.362 e. The van der Waals surface area contributed by atoms with E-state index < -0.39 is 22.4 Å². The quantitative estimate of drug-likeness (QED) is 0.420. The number of aromatic nitrogens is 1. The van der Waals surface area contributed by atoms with Crippen molar-refractivity contribution >= 4 is 28.6 Å². The number of nitro groups is 1. The number of anilines is 1. The minimum absolute atomic E-state index is 0.189. The molecule has 154 valence electrons. The Morgan fingerprint density at radius 2 is 1.90 bits per heavy atom. The van der Waals surface area contributed by atoms with E-state index in [0.717, 1.165) is 22.3 Å². The summed E-state index contributed by atoms with van der Waals surface area (Å²) in [5.41, 5.74) is 0.584. The summed E-state index contributed by atoms with van der Waals surface area (Å²) in [6, 6.07) is 6.51. The van der Waals surface area contributed by atoms with Gasteiger partial charge in [0.05, 0.1) is 15.5 Å². The number of piperazine rings is 1. The summed E-state index contributed by atoms with van der Waals surface area (Å²) >= 11 is 5.51. The summed E-state index contributed by atoms with van der Waals surface area (Å²) in [4.78, 5) is 19.3. The molecular weight excluding hydrogens is 405 g/mol. The maximum atomic E-state index is 12.9. The molecule has 1 aromatic carbocycles. The summed E-state index contributed by atoms with van der Waals surface area (Å²) in [5, 5.41) is 11.3. The van der Waals surface area contributed by atoms with Gasteiger partial charge in [-0.1, -0.05) is 12.2 Å². The fourth-order valence-electron chi connectivity index (χ4n) is 3.27. The van der Waals surface area contributed by atoms with E-state index in [4.69, 9.17) is 12.2 Å². The fourth-order valence-corrected chi connectivity index (χ4v) is 3.60. The van der Waals surface area contributed by atoms with Gasteiger partial charge in [0.2, 0.25) is 0 Å². The molecule has 0 spiro atoms. The van der Waals surface area contributed by atoms with Gasteiger partial charge in [0, 0.05) is 50.6 Å². The monoisotopic (exact) mass is 424 g/mol. The van der Waals surface area contributed by atoms with Gasteiger partial charge in [-0.15, -0.1) is 0 Å². The second-order valence-corrected chi connectivity index (χ2v) is 7.30. The minimum Gasteiger partial charge on any atom is -0.362 e. The highest BCUT2D eigenvalue weighted by atomic mass is 32.1. The van der Waals surface area contributed by atoms with Crippen LogP contribution in [-0.4, -0.2) is 46.0 Å². The average Bonchev–Trinajstić information content (AvgIpc) is 2.67. The number of nitro benzene ring substituents is 1. The normalized spacial score (nSPS) is 14.8. The second-order valence-electron chi connectivity index (χ2n) is 6.83. The van der Waals surface area contributed by atoms with E-state index in [0.29, 0.717) is 38.7 Å². The third-order valence-corrected chi connectivity index (χ3v) is 5.18. The number of hydrogen-bond donors (Lipinski definition) is 0. The van der Waals surface area contributed by atoms with Gasteiger partial charge >= 0.3 is 6.18 Å². The van der Waals surface area contributed by atoms with Gasteiger partial charge < -0.3 is 9.80 Å². The van der Waals surface area contributed by atoms with Crippen molar-refractivity contribution in [1.29, 1.82) is 0 Å². The van der Waals surface area contributed by atoms with Crippen LogP contribution >= 0.6 is 12.2 Å². The summed E-state index contributed by atoms with van der Waals surface area (Å²) in [5.74, 6) is 0. The van der Waals surface area contributed by atoms with Crippen molar-refractivity contribution in [3.63, 3.8) is 0 Å². The highest BCUT2D eigenvalue weighted by Gasteiger charge is 2.34. The molecule has 1 fully saturated rings. The van der Waals surface area contributed by atoms with Crippen LogP contribution in [-0.2, 0) is 12.6 Å². The summed E-state index contributed by atoms with van der Waals surface area (Å²) in [6.07, 6.45) is -2.37. The topological polar surface area (TPSA) is 62.5 Å². The van der Waals surface area contributed by atoms with Crippen molar-refractivity contribution in [2.45, 2.75) is 19.5 Å². The molecule has 0 bridgehead atoms. The summed E-state index contributed by atoms with van der Waals surface area (Å²) < 4.78 is 38.7. The van der Waals surface area contributed by atoms with Crippen molar-refractivity contribution < 1.29 is 18.1 Å². The number of aryl methyl sites for hydroxylation is 1. The molecule has 2 heterocycles. The lowest BCUT2D eigenvalue weighted by atomic mass is 10.1. The number of pyridine rings is 1. The van der Waals surface area contributed by atoms with E-state index >= 15 is 0 Å². The third kappa shape index (κ3) is 5.00. The molecule has 2 aromatic rings. The van der Waals surface area contributed by atoms with Crippen molar-refractivity contribution in [3.05, 3.63) is 63.5 Å². The van der Waals surface area contributed by atoms with E-state index in [1.165, 1.54) is 6.07 Å². The molecule has 1 aliphatic heterocycles. The molecule has 0 atom stereocenters. The molecule has 1 aliphatic rings. The van der Waals surface area contributed by atoms with Gasteiger partial charge in [0.1, 0.15) is 5.69 Å². The van der Waals surface area contributed by atoms with Crippen LogP contribution in [0.2, 0.25) is 0 Å². The zero-order chi connectivity index (χ0) is 21.2. The zero-order valence-corrected chi connectivity index (χ0v) is 16.5. The molecule has 0 radical (unpaired) electrons. The van der Waals surface area contributed by atoms with E-state index in [9.17, 15) is 23.3 Å². The molecule has 6 nitrogen and oxygen atoms in total. The number of benzene rings is 1. The SMILES string of the molecule is Cc1ccnc(CC(=S)N2CCN(c3ccc(C(F)(F)F)cc3[N+](=O)[O-])CC2)c1. The molecule has 3 rings (SSSR count). The van der Waals surface area contributed by atoms with E-state index in [1.54, 1.807) is 11.1 Å². The second kappa shape index (κ2) is 8.32. The molecular formula is C19H19F3N4O2S. The van der Waals surface area contributed by atoms with Gasteiger partial charge in [-0.25, -0.2) is 0 Å². The standard InChI is InChI=1S/C19H19F3N4O2S/c1-13-4-5-23-15(10-13)12-18(29)25-8-6-24(7-9-25)16-3-2-14(19(20,21)22)11-17(16)26(27)28/h2-5,10-11H,6-9,12H2,1H3. The van der Waals surface area contributed by atoms with Gasteiger partial charge in [0.15, 0.2) is 0 Å². The first-order valence-electron chi connectivity index (χ1n) is 8.95. The Labute approximate surface area is 171 Å². The third-order valence-electron chi connectivity index (χ3n) is 4.78. The van der Waals surface area contributed by atoms with E-state index in [2.05, 4.69) is 4.98 Å². The Morgan fingerprint density at radius 1 is 1.21 bits per heavy atom. The number of rotatable bonds is 4. The fraction of sp³-hybridized carbons (Fsp3) is 0.368. The van der Waals surface area contributed by atoms with Crippen molar-refractivity contribution in [3.8, 4) is 0 Å². The van der Waals surface area contributed by atoms with Crippen LogP contribution in [0.25, 0.3) is 0 Å². The predicted octanol–water partition coefficient (Wildman–Crippen LogP) is 4.01. The molecule has 0 aliphatic carbocycles. The van der Waals surface area contributed by atoms with E-state index in [1.807, 2.05) is 24.0 Å². The number of hydrogen-bond acceptors (Lipinski definition) is 5. The van der Waals surface area contributed by atoms with Crippen LogP contribution in [0, 0.1) is 17.0 Å². The van der Waals surface area contributed by atoms with Crippen molar-refractivity contribution in [2.24, 2.45) is 0 Å². The molecule has 0 amide bonds. The molecule has 1 saturated heterocycles. The maximum absolute atomic E-state index is 12.9. The molecule has 0 unspecified atom stereocenters. The Kier molecular flexibility index (Phi) is 6.02. The highest BCUT2D eigenvalue weighted by Crippen LogP contribution is 2.36. The van der Waals surface area contributed by atoms with E-state index in [-0.39, 0.29) is 5.69 Å². The Balaban J connectivity index is 1.69. The van der Waals surface area contributed by atoms with Gasteiger partial charge in [-0.05, 0) is 36.8 Å². The number of nitrogens with zero attached hydrogens (tertiary/aromatic N) is 4. The number of thiocarbonyl (C=S) groups is 1. The Hall–Kier alpha value is -2.75. The highest BCUT2D eigenvalue weighted by molar-refractivity contribution is 7.80. The average molecular weight is 424 g/mol. The van der Waals surface area contributed by atoms with Crippen LogP contribution in [0.4, 0.5) is 24.5 Å². The lowest BCUT2D eigenvalue weighted by molar-refractivity contribution is -0.384. The number of alkyl halides is 3. The Bertz CT molecular complexity index is 928. The zero-order valence-electron chi connectivity index (χ0n) is 15.6. The molecule has 0 N–H and O–H groups in total. The van der Waals surface area contributed by atoms with Crippen molar-refractivity contribution in [1.82, 2.24) is 9.88 Å². The van der Waals surface area contributed by atoms with Crippen molar-refractivity contribution in [2.75, 3.05) is 31.1 Å². The van der Waals surface area contributed by atoms with Crippen LogP contribution in [0.15, 0.2) is 36.5 Å². The lowest BCUT2D eigenvalue weighted by Crippen LogP contribution is -2.49. The largest absolute Gasteiger partial charge is 0.416 e. The Morgan fingerprint density at radius 3 is 2.48 bits per heavy atom. The number of halogens is 3. The van der Waals surface area contributed by atoms with Gasteiger partial charge in [0.25, 0.3) is 5.69 Å². The maximum Gasteiger partial charge on any atom is 0.416 e. The van der Waals surface area contributed by atoms with Gasteiger partial charge in [-0.3, -0.25) is 15.1 Å². The first kappa shape index (κ1) is 21.0. The first-order valence-corrected chi connectivity index (χ1v) is 9.36.